The van der Waals surface area contributed by atoms with Crippen molar-refractivity contribution in [3.8, 4) is 17.0 Å². The average Bonchev–Trinajstić information content (AvgIpc) is 2.97. The van der Waals surface area contributed by atoms with Gasteiger partial charge in [0.25, 0.3) is 5.91 Å². The highest BCUT2D eigenvalue weighted by Gasteiger charge is 2.14. The monoisotopic (exact) mass is 430 g/mol. The van der Waals surface area contributed by atoms with Crippen LogP contribution in [-0.4, -0.2) is 17.6 Å². The van der Waals surface area contributed by atoms with E-state index in [1.807, 2.05) is 29.8 Å². The molecular formula is C20H19BrN2O2S. The molecule has 6 heteroatoms. The first-order chi connectivity index (χ1) is 12.5. The van der Waals surface area contributed by atoms with Crippen LogP contribution in [0.4, 0.5) is 0 Å². The molecule has 0 saturated carbocycles. The number of halogens is 1. The molecule has 0 aliphatic heterocycles. The molecule has 0 saturated heterocycles. The van der Waals surface area contributed by atoms with Crippen LogP contribution in [0.15, 0.2) is 58.0 Å². The summed E-state index contributed by atoms with van der Waals surface area (Å²) >= 11 is 4.97. The normalized spacial score (nSPS) is 11.6. The summed E-state index contributed by atoms with van der Waals surface area (Å²) in [5, 5.41) is 0. The van der Waals surface area contributed by atoms with Gasteiger partial charge in [-0.2, -0.15) is 4.99 Å². The molecule has 0 bridgehead atoms. The van der Waals surface area contributed by atoms with Crippen LogP contribution in [-0.2, 0) is 13.5 Å². The summed E-state index contributed by atoms with van der Waals surface area (Å²) in [6.45, 7) is 2.12. The number of rotatable bonds is 4. The third kappa shape index (κ3) is 3.66. The van der Waals surface area contributed by atoms with Crippen LogP contribution in [0.5, 0.6) is 5.75 Å². The smallest absolute Gasteiger partial charge is 0.279 e. The van der Waals surface area contributed by atoms with Crippen LogP contribution in [0.3, 0.4) is 0 Å². The first-order valence-electron chi connectivity index (χ1n) is 8.21. The lowest BCUT2D eigenvalue weighted by Gasteiger charge is -2.05. The summed E-state index contributed by atoms with van der Waals surface area (Å²) in [5.41, 5.74) is 2.76. The Labute approximate surface area is 164 Å². The summed E-state index contributed by atoms with van der Waals surface area (Å²) in [4.78, 5) is 18.9. The van der Waals surface area contributed by atoms with E-state index < -0.39 is 0 Å². The molecular weight excluding hydrogens is 412 g/mol. The third-order valence-corrected chi connectivity index (χ3v) is 5.96. The van der Waals surface area contributed by atoms with Crippen LogP contribution in [0.25, 0.3) is 11.3 Å². The summed E-state index contributed by atoms with van der Waals surface area (Å²) in [6.07, 6.45) is 0.889. The van der Waals surface area contributed by atoms with Gasteiger partial charge in [0.15, 0.2) is 4.80 Å². The highest BCUT2D eigenvalue weighted by atomic mass is 79.9. The van der Waals surface area contributed by atoms with Crippen molar-refractivity contribution in [1.29, 1.82) is 0 Å². The van der Waals surface area contributed by atoms with Gasteiger partial charge in [0.05, 0.1) is 17.3 Å². The number of amides is 1. The zero-order valence-electron chi connectivity index (χ0n) is 14.8. The Morgan fingerprint density at radius 1 is 1.23 bits per heavy atom. The molecule has 0 atom stereocenters. The van der Waals surface area contributed by atoms with E-state index in [1.165, 1.54) is 4.88 Å². The molecule has 0 N–H and O–H groups in total. The zero-order chi connectivity index (χ0) is 18.7. The number of aromatic nitrogens is 1. The van der Waals surface area contributed by atoms with Gasteiger partial charge in [-0.05, 0) is 46.1 Å². The lowest BCUT2D eigenvalue weighted by molar-refractivity contribution is 0.0998. The van der Waals surface area contributed by atoms with Gasteiger partial charge in [-0.25, -0.2) is 0 Å². The molecule has 26 heavy (non-hydrogen) atoms. The second-order valence-corrected chi connectivity index (χ2v) is 7.62. The van der Waals surface area contributed by atoms with Crippen molar-refractivity contribution in [3.63, 3.8) is 0 Å². The Morgan fingerprint density at radius 2 is 1.96 bits per heavy atom. The summed E-state index contributed by atoms with van der Waals surface area (Å²) in [5.74, 6) is 0.412. The number of ether oxygens (including phenoxy) is 1. The van der Waals surface area contributed by atoms with Gasteiger partial charge in [-0.15, -0.1) is 11.3 Å². The summed E-state index contributed by atoms with van der Waals surface area (Å²) < 4.78 is 7.94. The number of carbonyl (C=O) groups is 1. The van der Waals surface area contributed by atoms with Gasteiger partial charge in [-0.1, -0.05) is 37.3 Å². The topological polar surface area (TPSA) is 43.6 Å². The maximum Gasteiger partial charge on any atom is 0.279 e. The second kappa shape index (κ2) is 8.01. The van der Waals surface area contributed by atoms with E-state index in [4.69, 9.17) is 4.74 Å². The number of aryl methyl sites for hydroxylation is 1. The molecule has 3 aromatic rings. The molecule has 0 radical (unpaired) electrons. The number of carbonyl (C=O) groups excluding carboxylic acids is 1. The van der Waals surface area contributed by atoms with Crippen molar-refractivity contribution in [3.05, 3.63) is 68.2 Å². The lowest BCUT2D eigenvalue weighted by Crippen LogP contribution is -2.14. The minimum absolute atomic E-state index is 0.271. The molecule has 1 aromatic heterocycles. The van der Waals surface area contributed by atoms with Gasteiger partial charge in [0, 0.05) is 17.5 Å². The Morgan fingerprint density at radius 3 is 2.58 bits per heavy atom. The van der Waals surface area contributed by atoms with Gasteiger partial charge in [-0.3, -0.25) is 4.79 Å². The van der Waals surface area contributed by atoms with Crippen molar-refractivity contribution in [2.75, 3.05) is 7.11 Å². The number of benzene rings is 2. The molecule has 0 aliphatic carbocycles. The number of methoxy groups -OCH3 is 1. The van der Waals surface area contributed by atoms with E-state index >= 15 is 0 Å². The van der Waals surface area contributed by atoms with Gasteiger partial charge < -0.3 is 9.30 Å². The molecule has 0 unspecified atom stereocenters. The van der Waals surface area contributed by atoms with E-state index in [0.717, 1.165) is 22.2 Å². The van der Waals surface area contributed by atoms with E-state index in [2.05, 4.69) is 40.0 Å². The van der Waals surface area contributed by atoms with Gasteiger partial charge in [0.2, 0.25) is 0 Å². The highest BCUT2D eigenvalue weighted by molar-refractivity contribution is 9.10. The van der Waals surface area contributed by atoms with E-state index in [1.54, 1.807) is 36.6 Å². The average molecular weight is 431 g/mol. The summed E-state index contributed by atoms with van der Waals surface area (Å²) in [7, 11) is 3.54. The molecule has 0 aliphatic rings. The fraction of sp³-hybridized carbons (Fsp3) is 0.200. The summed E-state index contributed by atoms with van der Waals surface area (Å²) in [6, 6.07) is 15.4. The zero-order valence-corrected chi connectivity index (χ0v) is 17.2. The van der Waals surface area contributed by atoms with Crippen molar-refractivity contribution in [1.82, 2.24) is 4.57 Å². The second-order valence-electron chi connectivity index (χ2n) is 5.70. The lowest BCUT2D eigenvalue weighted by atomic mass is 10.1. The number of thiazole rings is 1. The Kier molecular flexibility index (Phi) is 5.74. The first kappa shape index (κ1) is 18.6. The molecule has 2 aromatic carbocycles. The van der Waals surface area contributed by atoms with Gasteiger partial charge >= 0.3 is 0 Å². The number of nitrogens with zero attached hydrogens (tertiary/aromatic N) is 2. The molecule has 0 fully saturated rings. The predicted molar refractivity (Wildman–Crippen MR) is 109 cm³/mol. The van der Waals surface area contributed by atoms with E-state index in [9.17, 15) is 4.79 Å². The minimum Gasteiger partial charge on any atom is -0.496 e. The Hall–Kier alpha value is -2.18. The van der Waals surface area contributed by atoms with Crippen molar-refractivity contribution < 1.29 is 9.53 Å². The SMILES string of the molecule is CCc1sc(=NC(=O)c2ccc(OC)c(Br)c2)n(C)c1-c1ccccc1. The maximum atomic E-state index is 12.6. The van der Waals surface area contributed by atoms with Crippen LogP contribution in [0.1, 0.15) is 22.2 Å². The number of hydrogen-bond donors (Lipinski definition) is 0. The van der Waals surface area contributed by atoms with E-state index in [0.29, 0.717) is 16.1 Å². The predicted octanol–water partition coefficient (Wildman–Crippen LogP) is 4.83. The number of hydrogen-bond acceptors (Lipinski definition) is 3. The molecule has 1 amide bonds. The van der Waals surface area contributed by atoms with Crippen LogP contribution >= 0.6 is 27.3 Å². The fourth-order valence-corrected chi connectivity index (χ4v) is 4.36. The fourth-order valence-electron chi connectivity index (χ4n) is 2.75. The minimum atomic E-state index is -0.271. The molecule has 0 spiro atoms. The van der Waals surface area contributed by atoms with Crippen LogP contribution in [0.2, 0.25) is 0 Å². The third-order valence-electron chi connectivity index (χ3n) is 4.07. The molecule has 4 nitrogen and oxygen atoms in total. The van der Waals surface area contributed by atoms with E-state index in [-0.39, 0.29) is 5.91 Å². The first-order valence-corrected chi connectivity index (χ1v) is 9.82. The maximum absolute atomic E-state index is 12.6. The Bertz CT molecular complexity index is 1010. The molecule has 134 valence electrons. The standard InChI is InChI=1S/C20H19BrN2O2S/c1-4-17-18(13-8-6-5-7-9-13)23(2)20(26-17)22-19(24)14-10-11-16(25-3)15(21)12-14/h5-12H,4H2,1-3H3. The highest BCUT2D eigenvalue weighted by Crippen LogP contribution is 2.27. The van der Waals surface area contributed by atoms with Gasteiger partial charge in [0.1, 0.15) is 5.75 Å². The van der Waals surface area contributed by atoms with Crippen molar-refractivity contribution in [2.24, 2.45) is 12.0 Å². The van der Waals surface area contributed by atoms with Crippen LogP contribution < -0.4 is 9.54 Å². The molecule has 3 rings (SSSR count). The van der Waals surface area contributed by atoms with Crippen LogP contribution in [0, 0.1) is 0 Å². The quantitative estimate of drug-likeness (QED) is 0.594. The van der Waals surface area contributed by atoms with Crippen molar-refractivity contribution >= 4 is 33.2 Å². The molecule has 1 heterocycles. The Balaban J connectivity index is 2.05. The largest absolute Gasteiger partial charge is 0.496 e. The van der Waals surface area contributed by atoms with Crippen molar-refractivity contribution in [2.45, 2.75) is 13.3 Å².